The van der Waals surface area contributed by atoms with Gasteiger partial charge in [0.1, 0.15) is 23.7 Å². The summed E-state index contributed by atoms with van der Waals surface area (Å²) in [5, 5.41) is 17.1. The van der Waals surface area contributed by atoms with E-state index in [4.69, 9.17) is 9.84 Å². The van der Waals surface area contributed by atoms with E-state index in [2.05, 4.69) is 42.3 Å². The number of nitrogens with one attached hydrogen (secondary N) is 1. The highest BCUT2D eigenvalue weighted by Crippen LogP contribution is 2.36. The first kappa shape index (κ1) is 23.8. The molecule has 184 valence electrons. The molecular weight excluding hydrogens is 452 g/mol. The number of benzene rings is 2. The number of fused-ring (bicyclic) bond motifs is 1. The molecule has 1 amide bonds. The molecule has 4 aromatic rings. The van der Waals surface area contributed by atoms with Crippen molar-refractivity contribution in [1.29, 1.82) is 0 Å². The third kappa shape index (κ3) is 4.75. The molecule has 0 fully saturated rings. The van der Waals surface area contributed by atoms with Crippen LogP contribution >= 0.6 is 0 Å². The summed E-state index contributed by atoms with van der Waals surface area (Å²) in [6.07, 6.45) is 4.10. The van der Waals surface area contributed by atoms with Crippen LogP contribution in [-0.4, -0.2) is 38.9 Å². The minimum Gasteiger partial charge on any atom is -0.489 e. The summed E-state index contributed by atoms with van der Waals surface area (Å²) in [5.74, 6) is 1.03. The number of aliphatic hydroxyl groups excluding tert-OH is 1. The molecule has 1 aliphatic rings. The fourth-order valence-electron chi connectivity index (χ4n) is 4.73. The first-order valence-electron chi connectivity index (χ1n) is 12.3. The first-order chi connectivity index (χ1) is 17.5. The molecule has 2 aromatic carbocycles. The Hall–Kier alpha value is -3.97. The van der Waals surface area contributed by atoms with Crippen LogP contribution in [-0.2, 0) is 19.6 Å². The van der Waals surface area contributed by atoms with E-state index in [0.29, 0.717) is 37.7 Å². The van der Waals surface area contributed by atoms with Crippen molar-refractivity contribution in [1.82, 2.24) is 20.1 Å². The van der Waals surface area contributed by atoms with Crippen LogP contribution in [0.4, 0.5) is 0 Å². The largest absolute Gasteiger partial charge is 0.489 e. The van der Waals surface area contributed by atoms with E-state index in [-0.39, 0.29) is 12.5 Å². The molecule has 36 heavy (non-hydrogen) atoms. The Morgan fingerprint density at radius 1 is 1.06 bits per heavy atom. The molecule has 2 aromatic heterocycles. The molecule has 0 aliphatic carbocycles. The van der Waals surface area contributed by atoms with Crippen molar-refractivity contribution in [2.45, 2.75) is 39.3 Å². The normalized spacial score (nSPS) is 12.9. The van der Waals surface area contributed by atoms with Gasteiger partial charge in [0.25, 0.3) is 5.91 Å². The third-order valence-corrected chi connectivity index (χ3v) is 6.49. The SMILES string of the molecule is CC(C)c1ccc(COc2ccc(-c3c(-c4ccncc4)nn4c3C(=O)NCC4)cc2)cc1CCO. The Kier molecular flexibility index (Phi) is 6.82. The van der Waals surface area contributed by atoms with Crippen LogP contribution in [0.15, 0.2) is 67.0 Å². The molecule has 5 rings (SSSR count). The van der Waals surface area contributed by atoms with Crippen LogP contribution in [0.1, 0.15) is 46.9 Å². The lowest BCUT2D eigenvalue weighted by Gasteiger charge is -2.16. The zero-order valence-electron chi connectivity index (χ0n) is 20.6. The summed E-state index contributed by atoms with van der Waals surface area (Å²) in [7, 11) is 0. The molecule has 0 saturated heterocycles. The number of amides is 1. The van der Waals surface area contributed by atoms with Crippen molar-refractivity contribution in [3.05, 3.63) is 89.4 Å². The highest BCUT2D eigenvalue weighted by Gasteiger charge is 2.27. The molecule has 3 heterocycles. The van der Waals surface area contributed by atoms with Gasteiger partial charge in [-0.15, -0.1) is 0 Å². The van der Waals surface area contributed by atoms with Gasteiger partial charge in [-0.05, 0) is 58.9 Å². The predicted molar refractivity (Wildman–Crippen MR) is 139 cm³/mol. The van der Waals surface area contributed by atoms with Crippen molar-refractivity contribution < 1.29 is 14.6 Å². The number of carbonyl (C=O) groups excluding carboxylic acids is 1. The maximum Gasteiger partial charge on any atom is 0.270 e. The lowest BCUT2D eigenvalue weighted by Crippen LogP contribution is -2.35. The minimum absolute atomic E-state index is 0.118. The van der Waals surface area contributed by atoms with Crippen LogP contribution < -0.4 is 10.1 Å². The molecule has 7 heteroatoms. The summed E-state index contributed by atoms with van der Waals surface area (Å²) in [4.78, 5) is 16.9. The van der Waals surface area contributed by atoms with Gasteiger partial charge in [0, 0.05) is 36.7 Å². The molecule has 0 radical (unpaired) electrons. The Balaban J connectivity index is 1.40. The Labute approximate surface area is 210 Å². The van der Waals surface area contributed by atoms with E-state index in [1.807, 2.05) is 36.4 Å². The minimum atomic E-state index is -0.118. The summed E-state index contributed by atoms with van der Waals surface area (Å²) in [5.41, 5.74) is 7.45. The van der Waals surface area contributed by atoms with Crippen molar-refractivity contribution >= 4 is 5.91 Å². The number of nitrogens with zero attached hydrogens (tertiary/aromatic N) is 3. The molecule has 0 bridgehead atoms. The standard InChI is InChI=1S/C29H30N4O3/c1-19(2)25-8-3-20(17-23(25)11-16-34)18-36-24-6-4-21(5-7-24)26-27(22-9-12-30-13-10-22)32-33-15-14-31-29(35)28(26)33/h3-10,12-13,17,19,34H,11,14-16,18H2,1-2H3,(H,31,35). The highest BCUT2D eigenvalue weighted by molar-refractivity contribution is 6.03. The van der Waals surface area contributed by atoms with Gasteiger partial charge in [-0.1, -0.05) is 44.2 Å². The van der Waals surface area contributed by atoms with Gasteiger partial charge in [-0.3, -0.25) is 14.5 Å². The van der Waals surface area contributed by atoms with E-state index in [1.165, 1.54) is 5.56 Å². The van der Waals surface area contributed by atoms with Crippen LogP contribution in [0, 0.1) is 0 Å². The molecule has 0 spiro atoms. The fraction of sp³-hybridized carbons (Fsp3) is 0.276. The second kappa shape index (κ2) is 10.3. The van der Waals surface area contributed by atoms with Crippen LogP contribution in [0.2, 0.25) is 0 Å². The van der Waals surface area contributed by atoms with Gasteiger partial charge in [-0.25, -0.2) is 0 Å². The average molecular weight is 483 g/mol. The second-order valence-corrected chi connectivity index (χ2v) is 9.26. The first-order valence-corrected chi connectivity index (χ1v) is 12.3. The van der Waals surface area contributed by atoms with E-state index < -0.39 is 0 Å². The number of rotatable bonds is 8. The molecule has 0 atom stereocenters. The summed E-state index contributed by atoms with van der Waals surface area (Å²) >= 11 is 0. The third-order valence-electron chi connectivity index (χ3n) is 6.49. The van der Waals surface area contributed by atoms with Crippen molar-refractivity contribution in [3.63, 3.8) is 0 Å². The summed E-state index contributed by atoms with van der Waals surface area (Å²) in [6.45, 7) is 6.08. The van der Waals surface area contributed by atoms with E-state index in [0.717, 1.165) is 39.3 Å². The van der Waals surface area contributed by atoms with Gasteiger partial charge < -0.3 is 15.2 Å². The zero-order valence-corrected chi connectivity index (χ0v) is 20.6. The molecule has 7 nitrogen and oxygen atoms in total. The number of ether oxygens (including phenoxy) is 1. The van der Waals surface area contributed by atoms with Crippen LogP contribution in [0.3, 0.4) is 0 Å². The predicted octanol–water partition coefficient (Wildman–Crippen LogP) is 4.59. The number of aliphatic hydroxyl groups is 1. The van der Waals surface area contributed by atoms with Crippen molar-refractivity contribution in [3.8, 4) is 28.1 Å². The molecular formula is C29H30N4O3. The van der Waals surface area contributed by atoms with Gasteiger partial charge >= 0.3 is 0 Å². The van der Waals surface area contributed by atoms with Gasteiger partial charge in [-0.2, -0.15) is 5.10 Å². The van der Waals surface area contributed by atoms with Crippen LogP contribution in [0.5, 0.6) is 5.75 Å². The maximum absolute atomic E-state index is 12.8. The van der Waals surface area contributed by atoms with Crippen molar-refractivity contribution in [2.75, 3.05) is 13.2 Å². The van der Waals surface area contributed by atoms with E-state index in [1.54, 1.807) is 17.1 Å². The van der Waals surface area contributed by atoms with Gasteiger partial charge in [0.15, 0.2) is 0 Å². The number of hydrogen-bond acceptors (Lipinski definition) is 5. The lowest BCUT2D eigenvalue weighted by atomic mass is 9.94. The molecule has 1 aliphatic heterocycles. The Bertz CT molecular complexity index is 1360. The summed E-state index contributed by atoms with van der Waals surface area (Å²) < 4.78 is 7.87. The molecule has 0 unspecified atom stereocenters. The Morgan fingerprint density at radius 2 is 1.83 bits per heavy atom. The van der Waals surface area contributed by atoms with Gasteiger partial charge in [0.2, 0.25) is 0 Å². The quantitative estimate of drug-likeness (QED) is 0.383. The maximum atomic E-state index is 12.8. The number of aromatic nitrogens is 3. The fourth-order valence-corrected chi connectivity index (χ4v) is 4.73. The number of carbonyl (C=O) groups is 1. The zero-order chi connectivity index (χ0) is 25.1. The van der Waals surface area contributed by atoms with Gasteiger partial charge in [0.05, 0.1) is 6.54 Å². The van der Waals surface area contributed by atoms with E-state index in [9.17, 15) is 9.90 Å². The smallest absolute Gasteiger partial charge is 0.270 e. The molecule has 0 saturated carbocycles. The highest BCUT2D eigenvalue weighted by atomic mass is 16.5. The number of hydrogen-bond donors (Lipinski definition) is 2. The molecule has 2 N–H and O–H groups in total. The second-order valence-electron chi connectivity index (χ2n) is 9.26. The summed E-state index contributed by atoms with van der Waals surface area (Å²) in [6, 6.07) is 17.9. The Morgan fingerprint density at radius 3 is 2.56 bits per heavy atom. The van der Waals surface area contributed by atoms with E-state index >= 15 is 0 Å². The average Bonchev–Trinajstić information content (AvgIpc) is 3.29. The van der Waals surface area contributed by atoms with Crippen molar-refractivity contribution in [2.24, 2.45) is 0 Å². The topological polar surface area (TPSA) is 89.3 Å². The number of pyridine rings is 1. The lowest BCUT2D eigenvalue weighted by molar-refractivity contribution is 0.0925. The van der Waals surface area contributed by atoms with Crippen LogP contribution in [0.25, 0.3) is 22.4 Å². The monoisotopic (exact) mass is 482 g/mol.